The summed E-state index contributed by atoms with van der Waals surface area (Å²) in [7, 11) is 0. The topological polar surface area (TPSA) is 217 Å². The number of hydrogen-bond donors (Lipinski definition) is 8. The molecule has 0 bridgehead atoms. The van der Waals surface area contributed by atoms with Crippen LogP contribution in [0.25, 0.3) is 0 Å². The zero-order chi connectivity index (χ0) is 27.3. The number of aromatic hydroxyl groups is 1. The molecular formula is C24H39N5O7. The van der Waals surface area contributed by atoms with Crippen molar-refractivity contribution in [2.45, 2.75) is 70.1 Å². The molecule has 3 amide bonds. The molecule has 0 radical (unpaired) electrons. The van der Waals surface area contributed by atoms with Crippen molar-refractivity contribution in [2.75, 3.05) is 13.2 Å². The van der Waals surface area contributed by atoms with Crippen molar-refractivity contribution >= 4 is 23.7 Å². The number of nitrogens with two attached hydrogens (primary N) is 2. The summed E-state index contributed by atoms with van der Waals surface area (Å²) in [6.07, 6.45) is 1.85. The first-order valence-corrected chi connectivity index (χ1v) is 12.0. The van der Waals surface area contributed by atoms with E-state index in [9.17, 15) is 29.4 Å². The van der Waals surface area contributed by atoms with Gasteiger partial charge in [0.25, 0.3) is 0 Å². The number of unbranched alkanes of at least 4 members (excludes halogenated alkanes) is 1. The number of aliphatic hydroxyl groups is 1. The predicted octanol–water partition coefficient (Wildman–Crippen LogP) is -1.03. The van der Waals surface area contributed by atoms with Gasteiger partial charge in [0, 0.05) is 6.42 Å². The van der Waals surface area contributed by atoms with Crippen molar-refractivity contribution < 1.29 is 34.5 Å². The number of amides is 3. The lowest BCUT2D eigenvalue weighted by Crippen LogP contribution is -2.59. The smallest absolute Gasteiger partial charge is 0.326 e. The monoisotopic (exact) mass is 509 g/mol. The highest BCUT2D eigenvalue weighted by molar-refractivity contribution is 5.94. The lowest BCUT2D eigenvalue weighted by atomic mass is 9.96. The van der Waals surface area contributed by atoms with Crippen LogP contribution in [-0.2, 0) is 25.6 Å². The quantitative estimate of drug-likeness (QED) is 0.128. The summed E-state index contributed by atoms with van der Waals surface area (Å²) < 4.78 is 0. The maximum atomic E-state index is 13.1. The maximum Gasteiger partial charge on any atom is 0.326 e. The molecule has 1 aromatic carbocycles. The summed E-state index contributed by atoms with van der Waals surface area (Å²) >= 11 is 0. The number of aliphatic hydroxyl groups excluding tert-OH is 1. The Balaban J connectivity index is 3.02. The molecule has 0 saturated heterocycles. The number of carboxylic acids is 1. The molecule has 12 nitrogen and oxygen atoms in total. The van der Waals surface area contributed by atoms with E-state index in [-0.39, 0.29) is 24.5 Å². The zero-order valence-electron chi connectivity index (χ0n) is 20.8. The molecule has 0 fully saturated rings. The van der Waals surface area contributed by atoms with Crippen LogP contribution in [0.4, 0.5) is 0 Å². The van der Waals surface area contributed by atoms with Gasteiger partial charge in [-0.25, -0.2) is 4.79 Å². The molecule has 5 unspecified atom stereocenters. The third kappa shape index (κ3) is 10.2. The van der Waals surface area contributed by atoms with E-state index in [1.54, 1.807) is 19.1 Å². The van der Waals surface area contributed by atoms with Gasteiger partial charge in [-0.15, -0.1) is 0 Å². The Morgan fingerprint density at radius 3 is 2.08 bits per heavy atom. The van der Waals surface area contributed by atoms with Crippen LogP contribution < -0.4 is 27.4 Å². The second-order valence-electron chi connectivity index (χ2n) is 8.78. The molecule has 12 heteroatoms. The number of phenolic OH excluding ortho intramolecular Hbond substituents is 1. The Morgan fingerprint density at radius 1 is 0.944 bits per heavy atom. The number of carboxylic acid groups (broad SMARTS) is 1. The number of aliphatic carboxylic acids is 1. The minimum absolute atomic E-state index is 0.0284. The molecule has 0 saturated carbocycles. The van der Waals surface area contributed by atoms with Crippen LogP contribution in [0, 0.1) is 5.92 Å². The van der Waals surface area contributed by atoms with Gasteiger partial charge in [0.15, 0.2) is 0 Å². The Morgan fingerprint density at radius 2 is 1.56 bits per heavy atom. The molecule has 0 aliphatic carbocycles. The average molecular weight is 510 g/mol. The van der Waals surface area contributed by atoms with E-state index in [1.807, 2.05) is 6.92 Å². The summed E-state index contributed by atoms with van der Waals surface area (Å²) in [5.74, 6) is -3.59. The summed E-state index contributed by atoms with van der Waals surface area (Å²) in [6.45, 7) is 3.36. The van der Waals surface area contributed by atoms with Gasteiger partial charge in [-0.3, -0.25) is 14.4 Å². The molecule has 0 aliphatic heterocycles. The van der Waals surface area contributed by atoms with Gasteiger partial charge in [-0.05, 0) is 49.4 Å². The Kier molecular flexibility index (Phi) is 13.4. The lowest BCUT2D eigenvalue weighted by molar-refractivity contribution is -0.142. The maximum absolute atomic E-state index is 13.1. The zero-order valence-corrected chi connectivity index (χ0v) is 20.8. The number of rotatable bonds is 16. The van der Waals surface area contributed by atoms with E-state index in [1.165, 1.54) is 12.1 Å². The summed E-state index contributed by atoms with van der Waals surface area (Å²) in [5, 5.41) is 35.8. The van der Waals surface area contributed by atoms with Crippen LogP contribution in [0.1, 0.15) is 45.1 Å². The third-order valence-corrected chi connectivity index (χ3v) is 5.90. The molecule has 36 heavy (non-hydrogen) atoms. The first-order valence-electron chi connectivity index (χ1n) is 12.0. The molecule has 0 aliphatic rings. The molecule has 0 spiro atoms. The molecule has 1 aromatic rings. The van der Waals surface area contributed by atoms with Gasteiger partial charge in [0.05, 0.1) is 6.61 Å². The van der Waals surface area contributed by atoms with Crippen LogP contribution in [0.3, 0.4) is 0 Å². The van der Waals surface area contributed by atoms with Crippen molar-refractivity contribution in [2.24, 2.45) is 17.4 Å². The third-order valence-electron chi connectivity index (χ3n) is 5.90. The number of benzene rings is 1. The number of nitrogens with one attached hydrogen (secondary N) is 3. The van der Waals surface area contributed by atoms with Gasteiger partial charge in [0.1, 0.15) is 29.9 Å². The Hall–Kier alpha value is -3.22. The molecule has 5 atom stereocenters. The number of phenols is 1. The second-order valence-corrected chi connectivity index (χ2v) is 8.78. The molecule has 202 valence electrons. The van der Waals surface area contributed by atoms with E-state index < -0.39 is 54.5 Å². The Bertz CT molecular complexity index is 865. The number of hydrogen-bond acceptors (Lipinski definition) is 8. The van der Waals surface area contributed by atoms with Crippen molar-refractivity contribution in [1.82, 2.24) is 16.0 Å². The fourth-order valence-electron chi connectivity index (χ4n) is 3.41. The van der Waals surface area contributed by atoms with Crippen LogP contribution >= 0.6 is 0 Å². The first-order chi connectivity index (χ1) is 17.0. The van der Waals surface area contributed by atoms with Crippen molar-refractivity contribution in [3.8, 4) is 5.75 Å². The highest BCUT2D eigenvalue weighted by Crippen LogP contribution is 2.13. The van der Waals surface area contributed by atoms with Crippen LogP contribution in [-0.4, -0.2) is 76.3 Å². The molecule has 0 aromatic heterocycles. The molecule has 0 heterocycles. The van der Waals surface area contributed by atoms with E-state index in [4.69, 9.17) is 16.6 Å². The van der Waals surface area contributed by atoms with Crippen LogP contribution in [0.15, 0.2) is 24.3 Å². The minimum Gasteiger partial charge on any atom is -0.508 e. The van der Waals surface area contributed by atoms with E-state index in [0.717, 1.165) is 0 Å². The molecule has 10 N–H and O–H groups in total. The summed E-state index contributed by atoms with van der Waals surface area (Å²) in [6, 6.07) is 1.37. The SMILES string of the molecule is CCC(C)C(NC(=O)C(CCCCN)NC(=O)C(N)CO)C(=O)NC(Cc1ccc(O)cc1)C(=O)O. The van der Waals surface area contributed by atoms with Gasteiger partial charge in [-0.2, -0.15) is 0 Å². The van der Waals surface area contributed by atoms with Crippen LogP contribution in [0.5, 0.6) is 5.75 Å². The second kappa shape index (κ2) is 15.7. The summed E-state index contributed by atoms with van der Waals surface area (Å²) in [4.78, 5) is 50.2. The molecular weight excluding hydrogens is 470 g/mol. The fraction of sp³-hybridized carbons (Fsp3) is 0.583. The van der Waals surface area contributed by atoms with Crippen LogP contribution in [0.2, 0.25) is 0 Å². The average Bonchev–Trinajstić information content (AvgIpc) is 2.86. The van der Waals surface area contributed by atoms with Crippen molar-refractivity contribution in [3.05, 3.63) is 29.8 Å². The van der Waals surface area contributed by atoms with E-state index >= 15 is 0 Å². The van der Waals surface area contributed by atoms with Gasteiger partial charge < -0.3 is 42.7 Å². The van der Waals surface area contributed by atoms with Gasteiger partial charge in [-0.1, -0.05) is 32.4 Å². The largest absolute Gasteiger partial charge is 0.508 e. The molecule has 1 rings (SSSR count). The fourth-order valence-corrected chi connectivity index (χ4v) is 3.41. The number of carbonyl (C=O) groups excluding carboxylic acids is 3. The first kappa shape index (κ1) is 30.8. The van der Waals surface area contributed by atoms with Gasteiger partial charge in [0.2, 0.25) is 17.7 Å². The van der Waals surface area contributed by atoms with Crippen molar-refractivity contribution in [3.63, 3.8) is 0 Å². The highest BCUT2D eigenvalue weighted by Gasteiger charge is 2.32. The normalized spacial score (nSPS) is 15.1. The lowest BCUT2D eigenvalue weighted by Gasteiger charge is -2.28. The number of carbonyl (C=O) groups is 4. The predicted molar refractivity (Wildman–Crippen MR) is 133 cm³/mol. The van der Waals surface area contributed by atoms with Crippen molar-refractivity contribution in [1.29, 1.82) is 0 Å². The summed E-state index contributed by atoms with van der Waals surface area (Å²) in [5.41, 5.74) is 11.7. The Labute approximate surface area is 210 Å². The standard InChI is InChI=1S/C24H39N5O7/c1-3-14(2)20(23(34)28-19(24(35)36)12-15-7-9-16(31)10-8-15)29-22(33)18(6-4-5-11-25)27-21(32)17(26)13-30/h7-10,14,17-20,30-31H,3-6,11-13,25-26H2,1-2H3,(H,27,32)(H,28,34)(H,29,33)(H,35,36). The van der Waals surface area contributed by atoms with E-state index in [0.29, 0.717) is 31.4 Å². The van der Waals surface area contributed by atoms with E-state index in [2.05, 4.69) is 16.0 Å². The highest BCUT2D eigenvalue weighted by atomic mass is 16.4. The van der Waals surface area contributed by atoms with Gasteiger partial charge >= 0.3 is 5.97 Å². The minimum atomic E-state index is -1.27.